The van der Waals surface area contributed by atoms with Crippen molar-refractivity contribution >= 4 is 23.5 Å². The van der Waals surface area contributed by atoms with Crippen molar-refractivity contribution in [2.24, 2.45) is 0 Å². The molecule has 2 heterocycles. The number of nitrogens with zero attached hydrogens (tertiary/aromatic N) is 4. The Labute approximate surface area is 183 Å². The first-order chi connectivity index (χ1) is 15.5. The molecule has 0 saturated carbocycles. The Morgan fingerprint density at radius 1 is 1.09 bits per heavy atom. The van der Waals surface area contributed by atoms with E-state index in [0.717, 1.165) is 0 Å². The van der Waals surface area contributed by atoms with Gasteiger partial charge in [0.25, 0.3) is 11.8 Å². The summed E-state index contributed by atoms with van der Waals surface area (Å²) in [5.41, 5.74) is 1.59. The molecule has 164 valence electrons. The average Bonchev–Trinajstić information content (AvgIpc) is 3.23. The van der Waals surface area contributed by atoms with Crippen molar-refractivity contribution in [1.29, 1.82) is 0 Å². The molecule has 0 aliphatic carbocycles. The van der Waals surface area contributed by atoms with E-state index in [0.29, 0.717) is 22.8 Å². The molecule has 1 aliphatic rings. The van der Waals surface area contributed by atoms with Crippen LogP contribution in [0.5, 0.6) is 5.75 Å². The van der Waals surface area contributed by atoms with Crippen molar-refractivity contribution < 1.29 is 23.9 Å². The number of fused-ring (bicyclic) bond motifs is 1. The fourth-order valence-corrected chi connectivity index (χ4v) is 3.29. The van der Waals surface area contributed by atoms with Gasteiger partial charge in [-0.25, -0.2) is 4.79 Å². The van der Waals surface area contributed by atoms with Crippen LogP contribution < -0.4 is 15.0 Å². The summed E-state index contributed by atoms with van der Waals surface area (Å²) in [5.74, 6) is -1.21. The third-order valence-electron chi connectivity index (χ3n) is 4.90. The van der Waals surface area contributed by atoms with Crippen molar-refractivity contribution in [3.63, 3.8) is 0 Å². The quantitative estimate of drug-likeness (QED) is 0.600. The highest BCUT2D eigenvalue weighted by atomic mass is 16.5. The highest BCUT2D eigenvalue weighted by molar-refractivity contribution is 5.99. The Morgan fingerprint density at radius 2 is 1.81 bits per heavy atom. The summed E-state index contributed by atoms with van der Waals surface area (Å²) in [4.78, 5) is 40.2. The zero-order chi connectivity index (χ0) is 22.7. The maximum Gasteiger partial charge on any atom is 0.361 e. The van der Waals surface area contributed by atoms with Gasteiger partial charge in [0.1, 0.15) is 5.75 Å². The smallest absolute Gasteiger partial charge is 0.361 e. The van der Waals surface area contributed by atoms with E-state index in [-0.39, 0.29) is 18.1 Å². The number of benzene rings is 2. The predicted molar refractivity (Wildman–Crippen MR) is 114 cm³/mol. The van der Waals surface area contributed by atoms with E-state index in [1.807, 2.05) is 18.2 Å². The number of nitrogens with one attached hydrogen (secondary N) is 1. The highest BCUT2D eigenvalue weighted by Gasteiger charge is 2.33. The van der Waals surface area contributed by atoms with Crippen molar-refractivity contribution in [1.82, 2.24) is 20.3 Å². The molecule has 32 heavy (non-hydrogen) atoms. The number of likely N-dealkylation sites (N-methyl/N-ethyl adjacent to an activating group) is 1. The molecule has 0 unspecified atom stereocenters. The molecule has 10 nitrogen and oxygen atoms in total. The lowest BCUT2D eigenvalue weighted by molar-refractivity contribution is -0.128. The molecule has 2 aromatic carbocycles. The monoisotopic (exact) mass is 435 g/mol. The largest absolute Gasteiger partial charge is 0.477 e. The number of aryl methyl sites for hydroxylation is 1. The summed E-state index contributed by atoms with van der Waals surface area (Å²) in [6, 6.07) is 16.0. The molecule has 0 fully saturated rings. The van der Waals surface area contributed by atoms with Crippen LogP contribution in [0, 0.1) is 6.92 Å². The molecule has 0 saturated heterocycles. The molecule has 1 aliphatic heterocycles. The van der Waals surface area contributed by atoms with Gasteiger partial charge in [-0.2, -0.15) is 9.90 Å². The molecule has 2 amide bonds. The summed E-state index contributed by atoms with van der Waals surface area (Å²) in [6.45, 7) is 1.11. The summed E-state index contributed by atoms with van der Waals surface area (Å²) >= 11 is 0. The van der Waals surface area contributed by atoms with E-state index in [2.05, 4.69) is 15.5 Å². The van der Waals surface area contributed by atoms with Gasteiger partial charge >= 0.3 is 5.97 Å². The van der Waals surface area contributed by atoms with E-state index >= 15 is 0 Å². The number of anilines is 1. The second-order valence-corrected chi connectivity index (χ2v) is 7.03. The van der Waals surface area contributed by atoms with Gasteiger partial charge in [-0.05, 0) is 31.2 Å². The minimum absolute atomic E-state index is 0.00368. The van der Waals surface area contributed by atoms with Crippen molar-refractivity contribution in [2.75, 3.05) is 25.1 Å². The van der Waals surface area contributed by atoms with Crippen LogP contribution in [-0.4, -0.2) is 59.1 Å². The van der Waals surface area contributed by atoms with Gasteiger partial charge in [-0.3, -0.25) is 9.59 Å². The van der Waals surface area contributed by atoms with Gasteiger partial charge < -0.3 is 19.7 Å². The fraction of sp³-hybridized carbons (Fsp3) is 0.227. The van der Waals surface area contributed by atoms with E-state index in [1.54, 1.807) is 43.3 Å². The van der Waals surface area contributed by atoms with Gasteiger partial charge in [0.2, 0.25) is 0 Å². The van der Waals surface area contributed by atoms with Crippen LogP contribution in [0.25, 0.3) is 5.69 Å². The molecule has 0 bridgehead atoms. The molecule has 0 spiro atoms. The van der Waals surface area contributed by atoms with Crippen LogP contribution in [0.15, 0.2) is 54.6 Å². The normalized spacial score (nSPS) is 14.8. The highest BCUT2D eigenvalue weighted by Crippen LogP contribution is 2.33. The first kappa shape index (κ1) is 21.0. The number of carbonyl (C=O) groups excluding carboxylic acids is 3. The lowest BCUT2D eigenvalue weighted by atomic mass is 10.1. The van der Waals surface area contributed by atoms with Crippen LogP contribution in [0.4, 0.5) is 5.69 Å². The van der Waals surface area contributed by atoms with Crippen molar-refractivity contribution in [3.05, 3.63) is 66.0 Å². The molecule has 3 aromatic rings. The van der Waals surface area contributed by atoms with Crippen LogP contribution in [0.1, 0.15) is 16.2 Å². The number of hydrogen-bond donors (Lipinski definition) is 1. The van der Waals surface area contributed by atoms with Gasteiger partial charge in [0, 0.05) is 7.05 Å². The standard InChI is InChI=1S/C22H21N5O5/c1-14-20(25-27(24-14)15-8-4-3-5-9-15)22(30)31-13-19(28)26-12-18(21(29)23-2)32-17-11-7-6-10-16(17)26/h3-11,18H,12-13H2,1-2H3,(H,23,29)/t18-/m1/s1. The topological polar surface area (TPSA) is 116 Å². The number of aromatic nitrogens is 3. The second kappa shape index (κ2) is 8.88. The minimum Gasteiger partial charge on any atom is -0.477 e. The van der Waals surface area contributed by atoms with Crippen LogP contribution in [-0.2, 0) is 14.3 Å². The Kier molecular flexibility index (Phi) is 5.84. The zero-order valence-corrected chi connectivity index (χ0v) is 17.5. The summed E-state index contributed by atoms with van der Waals surface area (Å²) in [6.07, 6.45) is -0.873. The molecular formula is C22H21N5O5. The molecule has 10 heteroatoms. The molecular weight excluding hydrogens is 414 g/mol. The summed E-state index contributed by atoms with van der Waals surface area (Å²) in [7, 11) is 1.49. The molecule has 0 radical (unpaired) electrons. The predicted octanol–water partition coefficient (Wildman–Crippen LogP) is 1.27. The van der Waals surface area contributed by atoms with E-state index in [4.69, 9.17) is 9.47 Å². The maximum atomic E-state index is 12.9. The van der Waals surface area contributed by atoms with Gasteiger partial charge in [0.05, 0.1) is 23.6 Å². The second-order valence-electron chi connectivity index (χ2n) is 7.03. The average molecular weight is 435 g/mol. The Bertz CT molecular complexity index is 1160. The number of rotatable bonds is 5. The van der Waals surface area contributed by atoms with E-state index < -0.39 is 24.6 Å². The summed E-state index contributed by atoms with van der Waals surface area (Å²) in [5, 5.41) is 10.9. The van der Waals surface area contributed by atoms with E-state index in [9.17, 15) is 14.4 Å². The maximum absolute atomic E-state index is 12.9. The molecule has 1 atom stereocenters. The first-order valence-corrected chi connectivity index (χ1v) is 9.92. The Balaban J connectivity index is 1.47. The number of amides is 2. The van der Waals surface area contributed by atoms with Crippen molar-refractivity contribution in [3.8, 4) is 11.4 Å². The minimum atomic E-state index is -0.873. The molecule has 1 N–H and O–H groups in total. The Morgan fingerprint density at radius 3 is 2.56 bits per heavy atom. The summed E-state index contributed by atoms with van der Waals surface area (Å²) < 4.78 is 10.9. The van der Waals surface area contributed by atoms with Gasteiger partial charge in [-0.1, -0.05) is 30.3 Å². The lowest BCUT2D eigenvalue weighted by Gasteiger charge is -2.33. The molecule has 4 rings (SSSR count). The number of hydrogen-bond acceptors (Lipinski definition) is 7. The fourth-order valence-electron chi connectivity index (χ4n) is 3.29. The van der Waals surface area contributed by atoms with Gasteiger partial charge in [0.15, 0.2) is 18.4 Å². The number of esters is 1. The number of carbonyl (C=O) groups is 3. The van der Waals surface area contributed by atoms with Crippen molar-refractivity contribution in [2.45, 2.75) is 13.0 Å². The zero-order valence-electron chi connectivity index (χ0n) is 17.5. The Hall–Kier alpha value is -4.21. The van der Waals surface area contributed by atoms with Gasteiger partial charge in [-0.15, -0.1) is 5.10 Å². The third kappa shape index (κ3) is 4.15. The molecule has 1 aromatic heterocycles. The number of para-hydroxylation sites is 3. The third-order valence-corrected chi connectivity index (χ3v) is 4.90. The first-order valence-electron chi connectivity index (χ1n) is 9.92. The van der Waals surface area contributed by atoms with E-state index in [1.165, 1.54) is 16.7 Å². The van der Waals surface area contributed by atoms with Crippen LogP contribution >= 0.6 is 0 Å². The lowest BCUT2D eigenvalue weighted by Crippen LogP contribution is -2.51. The SMILES string of the molecule is CNC(=O)[C@H]1CN(C(=O)COC(=O)c2nn(-c3ccccc3)nc2C)c2ccccc2O1. The number of ether oxygens (including phenoxy) is 2. The van der Waals surface area contributed by atoms with Crippen LogP contribution in [0.2, 0.25) is 0 Å². The van der Waals surface area contributed by atoms with Crippen LogP contribution in [0.3, 0.4) is 0 Å².